The Morgan fingerprint density at radius 3 is 1.73 bits per heavy atom. The summed E-state index contributed by atoms with van der Waals surface area (Å²) in [5.74, 6) is -0.710. The van der Waals surface area contributed by atoms with Crippen LogP contribution in [0.3, 0.4) is 0 Å². The molecular formula is C27H53N3O12P2. The van der Waals surface area contributed by atoms with Gasteiger partial charge in [0.25, 0.3) is 0 Å². The molecule has 17 heteroatoms. The van der Waals surface area contributed by atoms with Gasteiger partial charge >= 0.3 is 15.6 Å². The van der Waals surface area contributed by atoms with Crippen LogP contribution >= 0.6 is 15.6 Å². The Morgan fingerprint density at radius 1 is 0.864 bits per heavy atom. The maximum atomic E-state index is 12.2. The number of rotatable bonds is 15. The van der Waals surface area contributed by atoms with Gasteiger partial charge in [-0.2, -0.15) is 4.31 Å². The van der Waals surface area contributed by atoms with Crippen LogP contribution in [0.15, 0.2) is 30.3 Å². The molecule has 7 atom stereocenters. The summed E-state index contributed by atoms with van der Waals surface area (Å²) in [5.41, 5.74) is 0.480. The molecule has 15 nitrogen and oxygen atoms in total. The second-order valence-corrected chi connectivity index (χ2v) is 12.6. The van der Waals surface area contributed by atoms with Crippen molar-refractivity contribution in [3.8, 4) is 0 Å². The van der Waals surface area contributed by atoms with E-state index in [1.54, 1.807) is 30.3 Å². The van der Waals surface area contributed by atoms with Crippen LogP contribution in [0.5, 0.6) is 0 Å². The third-order valence-corrected chi connectivity index (χ3v) is 9.20. The zero-order chi connectivity index (χ0) is 33.9. The number of carbonyl (C=O) groups is 1. The van der Waals surface area contributed by atoms with E-state index in [-0.39, 0.29) is 0 Å². The SMILES string of the molecule is CC(=O)N[C@H]1[C@@H](OP(=O)(O)OP(=O)(O)OCc2ccccc2)O[C@H](CO)[C@@H](O)[C@@H]1O.CCN(CC)CC.CCN(CC)CC. The van der Waals surface area contributed by atoms with Gasteiger partial charge in [0, 0.05) is 6.92 Å². The van der Waals surface area contributed by atoms with E-state index in [0.29, 0.717) is 5.56 Å². The van der Waals surface area contributed by atoms with E-state index < -0.39 is 65.4 Å². The lowest BCUT2D eigenvalue weighted by Crippen LogP contribution is -2.64. The van der Waals surface area contributed by atoms with Crippen LogP contribution in [0.1, 0.15) is 54.0 Å². The van der Waals surface area contributed by atoms with Gasteiger partial charge in [-0.25, -0.2) is 9.13 Å². The summed E-state index contributed by atoms with van der Waals surface area (Å²) in [6.07, 6.45) is -6.79. The van der Waals surface area contributed by atoms with Crippen LogP contribution in [0.4, 0.5) is 0 Å². The van der Waals surface area contributed by atoms with Gasteiger partial charge in [0.15, 0.2) is 6.29 Å². The summed E-state index contributed by atoms with van der Waals surface area (Å²) in [4.78, 5) is 35.7. The first-order valence-electron chi connectivity index (χ1n) is 14.7. The summed E-state index contributed by atoms with van der Waals surface area (Å²) in [5, 5.41) is 31.4. The van der Waals surface area contributed by atoms with E-state index >= 15 is 0 Å². The van der Waals surface area contributed by atoms with Gasteiger partial charge in [0.05, 0.1) is 13.2 Å². The highest BCUT2D eigenvalue weighted by Gasteiger charge is 2.49. The second kappa shape index (κ2) is 22.3. The Labute approximate surface area is 261 Å². The van der Waals surface area contributed by atoms with E-state index in [2.05, 4.69) is 70.0 Å². The molecule has 2 unspecified atom stereocenters. The highest BCUT2D eigenvalue weighted by atomic mass is 31.3. The van der Waals surface area contributed by atoms with Crippen LogP contribution in [-0.4, -0.2) is 117 Å². The Bertz CT molecular complexity index is 979. The van der Waals surface area contributed by atoms with E-state index in [4.69, 9.17) is 4.74 Å². The molecule has 0 spiro atoms. The molecule has 0 radical (unpaired) electrons. The van der Waals surface area contributed by atoms with Crippen molar-refractivity contribution in [2.45, 2.75) is 85.7 Å². The molecule has 6 N–H and O–H groups in total. The van der Waals surface area contributed by atoms with E-state index in [1.807, 2.05) is 0 Å². The highest BCUT2D eigenvalue weighted by molar-refractivity contribution is 7.61. The van der Waals surface area contributed by atoms with Crippen LogP contribution < -0.4 is 5.32 Å². The average Bonchev–Trinajstić information content (AvgIpc) is 2.98. The molecule has 0 aromatic heterocycles. The number of aliphatic hydroxyl groups is 3. The number of hydrogen-bond acceptors (Lipinski definition) is 12. The Hall–Kier alpha value is -1.29. The quantitative estimate of drug-likeness (QED) is 0.147. The third kappa shape index (κ3) is 16.9. The standard InChI is InChI=1S/C15H23NO12P2.2C6H15N/c1-9(18)16-12-14(20)13(19)11(7-17)26-15(12)27-30(23,24)28-29(21,22)25-8-10-5-3-2-4-6-10;2*1-4-7(5-2)6-3/h2-6,11-15,17,19-20H,7-8H2,1H3,(H,16,18)(H,21,22)(H,23,24);2*4-6H2,1-3H3/t11-,12-,13-,14-,15-;;/m1../s1. The van der Waals surface area contributed by atoms with Crippen LogP contribution in [0.2, 0.25) is 0 Å². The number of phosphoric ester groups is 2. The van der Waals surface area contributed by atoms with E-state index in [1.165, 1.54) is 39.3 Å². The molecule has 0 saturated carbocycles. The highest BCUT2D eigenvalue weighted by Crippen LogP contribution is 2.61. The largest absolute Gasteiger partial charge is 0.483 e. The summed E-state index contributed by atoms with van der Waals surface area (Å²) in [6.45, 7) is 20.1. The fourth-order valence-corrected chi connectivity index (χ4v) is 6.08. The number of phosphoric acid groups is 2. The number of nitrogens with one attached hydrogen (secondary N) is 1. The fourth-order valence-electron chi connectivity index (χ4n) is 3.94. The first-order valence-corrected chi connectivity index (χ1v) is 17.7. The van der Waals surface area contributed by atoms with Gasteiger partial charge in [-0.15, -0.1) is 0 Å². The minimum absolute atomic E-state index is 0.416. The Morgan fingerprint density at radius 2 is 1.34 bits per heavy atom. The normalized spacial score (nSPS) is 24.3. The molecule has 1 aromatic rings. The zero-order valence-corrected chi connectivity index (χ0v) is 28.6. The molecule has 258 valence electrons. The molecule has 0 bridgehead atoms. The lowest BCUT2D eigenvalue weighted by molar-refractivity contribution is -0.247. The topological polar surface area (TPSA) is 208 Å². The minimum atomic E-state index is -5.36. The molecule has 1 aliphatic heterocycles. The van der Waals surface area contributed by atoms with E-state index in [9.17, 15) is 39.0 Å². The van der Waals surface area contributed by atoms with Crippen molar-refractivity contribution in [3.63, 3.8) is 0 Å². The molecule has 1 fully saturated rings. The van der Waals surface area contributed by atoms with Gasteiger partial charge in [-0.05, 0) is 44.8 Å². The Kier molecular flexibility index (Phi) is 21.6. The molecule has 44 heavy (non-hydrogen) atoms. The molecular weight excluding hydrogens is 620 g/mol. The predicted octanol–water partition coefficient (Wildman–Crippen LogP) is 2.08. The Balaban J connectivity index is 0.00000109. The summed E-state index contributed by atoms with van der Waals surface area (Å²) in [7, 11) is -10.4. The number of carbonyl (C=O) groups excluding carboxylic acids is 1. The third-order valence-electron chi connectivity index (χ3n) is 6.61. The average molecular weight is 674 g/mol. The number of nitrogens with zero attached hydrogens (tertiary/aromatic N) is 2. The minimum Gasteiger partial charge on any atom is -0.394 e. The first-order chi connectivity index (χ1) is 20.6. The van der Waals surface area contributed by atoms with Gasteiger partial charge in [0.1, 0.15) is 24.4 Å². The lowest BCUT2D eigenvalue weighted by Gasteiger charge is -2.42. The van der Waals surface area contributed by atoms with Crippen molar-refractivity contribution in [1.82, 2.24) is 15.1 Å². The van der Waals surface area contributed by atoms with Crippen LogP contribution in [0, 0.1) is 0 Å². The summed E-state index contributed by atoms with van der Waals surface area (Å²) < 4.78 is 42.9. The molecule has 1 aliphatic rings. The second-order valence-electron chi connectivity index (χ2n) is 9.56. The molecule has 1 saturated heterocycles. The van der Waals surface area contributed by atoms with Gasteiger partial charge in [0.2, 0.25) is 5.91 Å². The van der Waals surface area contributed by atoms with Crippen molar-refractivity contribution in [1.29, 1.82) is 0 Å². The fraction of sp³-hybridized carbons (Fsp3) is 0.741. The molecule has 1 amide bonds. The summed E-state index contributed by atoms with van der Waals surface area (Å²) in [6, 6.07) is 6.57. The van der Waals surface area contributed by atoms with Crippen molar-refractivity contribution in [2.24, 2.45) is 0 Å². The number of amides is 1. The molecule has 0 aliphatic carbocycles. The van der Waals surface area contributed by atoms with Crippen molar-refractivity contribution < 1.29 is 57.1 Å². The van der Waals surface area contributed by atoms with Crippen LogP contribution in [0.25, 0.3) is 0 Å². The number of ether oxygens (including phenoxy) is 1. The number of aliphatic hydroxyl groups excluding tert-OH is 3. The van der Waals surface area contributed by atoms with Gasteiger partial charge < -0.3 is 45.0 Å². The lowest BCUT2D eigenvalue weighted by atomic mass is 9.97. The maximum absolute atomic E-state index is 12.2. The van der Waals surface area contributed by atoms with Crippen molar-refractivity contribution in [3.05, 3.63) is 35.9 Å². The summed E-state index contributed by atoms with van der Waals surface area (Å²) >= 11 is 0. The van der Waals surface area contributed by atoms with E-state index in [0.717, 1.165) is 6.92 Å². The molecule has 1 heterocycles. The maximum Gasteiger partial charge on any atom is 0.483 e. The number of benzene rings is 1. The molecule has 2 rings (SSSR count). The smallest absolute Gasteiger partial charge is 0.394 e. The van der Waals surface area contributed by atoms with Crippen molar-refractivity contribution in [2.75, 3.05) is 45.9 Å². The monoisotopic (exact) mass is 673 g/mol. The molecule has 1 aromatic carbocycles. The van der Waals surface area contributed by atoms with Gasteiger partial charge in [-0.3, -0.25) is 13.8 Å². The number of hydrogen-bond donors (Lipinski definition) is 6. The van der Waals surface area contributed by atoms with Crippen molar-refractivity contribution >= 4 is 21.6 Å². The van der Waals surface area contributed by atoms with Crippen LogP contribution in [-0.2, 0) is 38.6 Å². The van der Waals surface area contributed by atoms with Gasteiger partial charge in [-0.1, -0.05) is 71.9 Å². The zero-order valence-electron chi connectivity index (χ0n) is 26.8. The first kappa shape index (κ1) is 42.7. The predicted molar refractivity (Wildman–Crippen MR) is 165 cm³/mol.